The topological polar surface area (TPSA) is 65.4 Å². The van der Waals surface area contributed by atoms with Crippen LogP contribution in [0.15, 0.2) is 48.8 Å². The SMILES string of the molecule is COc1cc(OC)cc(C(NC(=O)CCc2ccc(C)c(Cl)c2)c2nccn2C)c1. The van der Waals surface area contributed by atoms with Gasteiger partial charge in [-0.1, -0.05) is 23.7 Å². The van der Waals surface area contributed by atoms with Gasteiger partial charge in [-0.15, -0.1) is 0 Å². The number of benzene rings is 2. The van der Waals surface area contributed by atoms with Crippen molar-refractivity contribution in [2.24, 2.45) is 7.05 Å². The molecule has 3 rings (SSSR count). The van der Waals surface area contributed by atoms with Crippen molar-refractivity contribution in [2.45, 2.75) is 25.8 Å². The van der Waals surface area contributed by atoms with E-state index in [1.165, 1.54) is 0 Å². The van der Waals surface area contributed by atoms with Gasteiger partial charge in [-0.25, -0.2) is 4.98 Å². The maximum absolute atomic E-state index is 12.8. The van der Waals surface area contributed by atoms with Gasteiger partial charge >= 0.3 is 0 Å². The molecule has 0 aliphatic rings. The molecule has 0 fully saturated rings. The van der Waals surface area contributed by atoms with Gasteiger partial charge in [0.25, 0.3) is 0 Å². The maximum atomic E-state index is 12.8. The highest BCUT2D eigenvalue weighted by molar-refractivity contribution is 6.31. The van der Waals surface area contributed by atoms with Gasteiger partial charge in [0.2, 0.25) is 5.91 Å². The molecule has 30 heavy (non-hydrogen) atoms. The van der Waals surface area contributed by atoms with Crippen LogP contribution in [0.5, 0.6) is 11.5 Å². The Hall–Kier alpha value is -2.99. The molecule has 3 aromatic rings. The zero-order valence-corrected chi connectivity index (χ0v) is 18.4. The number of nitrogens with one attached hydrogen (secondary N) is 1. The Balaban J connectivity index is 1.82. The molecule has 158 valence electrons. The summed E-state index contributed by atoms with van der Waals surface area (Å²) < 4.78 is 12.7. The standard InChI is InChI=1S/C23H26ClN3O3/c1-15-5-6-16(11-20(15)24)7-8-21(28)26-22(23-25-9-10-27(23)2)17-12-18(29-3)14-19(13-17)30-4/h5-6,9-14,22H,7-8H2,1-4H3,(H,26,28). The number of carbonyl (C=O) groups excluding carboxylic acids is 1. The van der Waals surface area contributed by atoms with Crippen LogP contribution < -0.4 is 14.8 Å². The lowest BCUT2D eigenvalue weighted by Gasteiger charge is -2.20. The third-order valence-corrected chi connectivity index (χ3v) is 5.41. The van der Waals surface area contributed by atoms with Gasteiger partial charge in [0, 0.05) is 37.0 Å². The first-order chi connectivity index (χ1) is 14.4. The molecular formula is C23H26ClN3O3. The van der Waals surface area contributed by atoms with E-state index in [-0.39, 0.29) is 5.91 Å². The number of carbonyl (C=O) groups is 1. The van der Waals surface area contributed by atoms with Crippen LogP contribution in [0.1, 0.15) is 35.0 Å². The average Bonchev–Trinajstić information content (AvgIpc) is 3.17. The third kappa shape index (κ3) is 5.13. The van der Waals surface area contributed by atoms with Crippen LogP contribution in [0.2, 0.25) is 5.02 Å². The first-order valence-corrected chi connectivity index (χ1v) is 10.0. The molecule has 0 aliphatic heterocycles. The Morgan fingerprint density at radius 2 is 1.87 bits per heavy atom. The lowest BCUT2D eigenvalue weighted by Crippen LogP contribution is -2.31. The molecular weight excluding hydrogens is 402 g/mol. The largest absolute Gasteiger partial charge is 0.497 e. The van der Waals surface area contributed by atoms with Crippen molar-refractivity contribution in [2.75, 3.05) is 14.2 Å². The summed E-state index contributed by atoms with van der Waals surface area (Å²) in [6.45, 7) is 1.96. The van der Waals surface area contributed by atoms with Gasteiger partial charge < -0.3 is 19.4 Å². The molecule has 1 heterocycles. The summed E-state index contributed by atoms with van der Waals surface area (Å²) in [5.74, 6) is 1.93. The van der Waals surface area contributed by atoms with Crippen LogP contribution in [0, 0.1) is 6.92 Å². The van der Waals surface area contributed by atoms with Crippen molar-refractivity contribution in [1.82, 2.24) is 14.9 Å². The first kappa shape index (κ1) is 21.7. The van der Waals surface area contributed by atoms with Crippen molar-refractivity contribution in [1.29, 1.82) is 0 Å². The van der Waals surface area contributed by atoms with Crippen molar-refractivity contribution in [3.63, 3.8) is 0 Å². The Labute approximate surface area is 181 Å². The van der Waals surface area contributed by atoms with E-state index in [0.29, 0.717) is 29.4 Å². The normalized spacial score (nSPS) is 11.8. The number of imidazole rings is 1. The molecule has 0 bridgehead atoms. The van der Waals surface area contributed by atoms with Gasteiger partial charge in [-0.05, 0) is 48.2 Å². The molecule has 0 aliphatic carbocycles. The highest BCUT2D eigenvalue weighted by atomic mass is 35.5. The Morgan fingerprint density at radius 1 is 1.17 bits per heavy atom. The molecule has 1 unspecified atom stereocenters. The summed E-state index contributed by atoms with van der Waals surface area (Å²) in [7, 11) is 5.09. The molecule has 1 N–H and O–H groups in total. The molecule has 1 atom stereocenters. The zero-order chi connectivity index (χ0) is 21.7. The number of methoxy groups -OCH3 is 2. The molecule has 1 amide bonds. The number of ether oxygens (including phenoxy) is 2. The van der Waals surface area contributed by atoms with Gasteiger partial charge in [-0.2, -0.15) is 0 Å². The first-order valence-electron chi connectivity index (χ1n) is 9.66. The van der Waals surface area contributed by atoms with Gasteiger partial charge in [-0.3, -0.25) is 4.79 Å². The molecule has 0 spiro atoms. The van der Waals surface area contributed by atoms with E-state index >= 15 is 0 Å². The summed E-state index contributed by atoms with van der Waals surface area (Å²) in [6, 6.07) is 11.0. The van der Waals surface area contributed by atoms with Crippen LogP contribution in [0.25, 0.3) is 0 Å². The summed E-state index contributed by atoms with van der Waals surface area (Å²) >= 11 is 6.20. The molecule has 0 radical (unpaired) electrons. The minimum absolute atomic E-state index is 0.0820. The number of halogens is 1. The number of hydrogen-bond acceptors (Lipinski definition) is 4. The fourth-order valence-corrected chi connectivity index (χ4v) is 3.43. The highest BCUT2D eigenvalue weighted by Crippen LogP contribution is 2.29. The van der Waals surface area contributed by atoms with Crippen LogP contribution >= 0.6 is 11.6 Å². The van der Waals surface area contributed by atoms with Crippen molar-refractivity contribution in [3.05, 3.63) is 76.3 Å². The van der Waals surface area contributed by atoms with E-state index in [1.807, 2.05) is 55.1 Å². The molecule has 6 nitrogen and oxygen atoms in total. The van der Waals surface area contributed by atoms with E-state index in [4.69, 9.17) is 21.1 Å². The summed E-state index contributed by atoms with van der Waals surface area (Å²) in [6.07, 6.45) is 4.49. The second kappa shape index (κ2) is 9.67. The van der Waals surface area contributed by atoms with E-state index in [9.17, 15) is 4.79 Å². The average molecular weight is 428 g/mol. The van der Waals surface area contributed by atoms with Crippen molar-refractivity contribution < 1.29 is 14.3 Å². The quantitative estimate of drug-likeness (QED) is 0.584. The van der Waals surface area contributed by atoms with Crippen LogP contribution in [-0.2, 0) is 18.3 Å². The molecule has 0 saturated heterocycles. The second-order valence-electron chi connectivity index (χ2n) is 7.13. The van der Waals surface area contributed by atoms with Gasteiger partial charge in [0.1, 0.15) is 23.4 Å². The summed E-state index contributed by atoms with van der Waals surface area (Å²) in [5, 5.41) is 3.82. The maximum Gasteiger partial charge on any atom is 0.221 e. The number of nitrogens with zero attached hydrogens (tertiary/aromatic N) is 2. The minimum Gasteiger partial charge on any atom is -0.497 e. The zero-order valence-electron chi connectivity index (χ0n) is 17.6. The van der Waals surface area contributed by atoms with Gasteiger partial charge in [0.05, 0.1) is 14.2 Å². The van der Waals surface area contributed by atoms with E-state index in [0.717, 1.165) is 22.5 Å². The van der Waals surface area contributed by atoms with Crippen molar-refractivity contribution >= 4 is 17.5 Å². The number of rotatable bonds is 8. The summed E-state index contributed by atoms with van der Waals surface area (Å²) in [4.78, 5) is 17.3. The van der Waals surface area contributed by atoms with Crippen LogP contribution in [0.3, 0.4) is 0 Å². The molecule has 2 aromatic carbocycles. The number of amides is 1. The van der Waals surface area contributed by atoms with Crippen LogP contribution in [-0.4, -0.2) is 29.7 Å². The lowest BCUT2D eigenvalue weighted by atomic mass is 10.0. The second-order valence-corrected chi connectivity index (χ2v) is 7.53. The monoisotopic (exact) mass is 427 g/mol. The Kier molecular flexibility index (Phi) is 7.00. The Bertz CT molecular complexity index is 1010. The minimum atomic E-state index is -0.442. The molecule has 0 saturated carbocycles. The number of aromatic nitrogens is 2. The summed E-state index contributed by atoms with van der Waals surface area (Å²) in [5.41, 5.74) is 2.87. The number of hydrogen-bond donors (Lipinski definition) is 1. The fraction of sp³-hybridized carbons (Fsp3) is 0.304. The Morgan fingerprint density at radius 3 is 2.43 bits per heavy atom. The molecule has 7 heteroatoms. The van der Waals surface area contributed by atoms with Crippen molar-refractivity contribution in [3.8, 4) is 11.5 Å². The smallest absolute Gasteiger partial charge is 0.221 e. The van der Waals surface area contributed by atoms with E-state index < -0.39 is 6.04 Å². The van der Waals surface area contributed by atoms with E-state index in [2.05, 4.69) is 10.3 Å². The predicted octanol–water partition coefficient (Wildman–Crippen LogP) is 4.24. The van der Waals surface area contributed by atoms with Crippen LogP contribution in [0.4, 0.5) is 0 Å². The van der Waals surface area contributed by atoms with Gasteiger partial charge in [0.15, 0.2) is 0 Å². The number of aryl methyl sites for hydroxylation is 3. The lowest BCUT2D eigenvalue weighted by molar-refractivity contribution is -0.121. The highest BCUT2D eigenvalue weighted by Gasteiger charge is 2.22. The van der Waals surface area contributed by atoms with E-state index in [1.54, 1.807) is 26.5 Å². The fourth-order valence-electron chi connectivity index (χ4n) is 3.23. The third-order valence-electron chi connectivity index (χ3n) is 5.01. The molecule has 1 aromatic heterocycles. The predicted molar refractivity (Wildman–Crippen MR) is 117 cm³/mol.